The number of nitrogens with zero attached hydrogens (tertiary/aromatic N) is 1. The average molecular weight is 224 g/mol. The molecule has 0 bridgehead atoms. The summed E-state index contributed by atoms with van der Waals surface area (Å²) in [6.45, 7) is 4.94. The van der Waals surface area contributed by atoms with Crippen LogP contribution >= 0.6 is 0 Å². The Bertz CT molecular complexity index is 186. The normalized spacial score (nSPS) is 23.8. The minimum absolute atomic E-state index is 0.119. The molecule has 1 atom stereocenters. The molecule has 0 aromatic heterocycles. The second-order valence-electron chi connectivity index (χ2n) is 4.43. The maximum absolute atomic E-state index is 12.6. The molecule has 0 aromatic rings. The summed E-state index contributed by atoms with van der Waals surface area (Å²) in [6.07, 6.45) is -2.33. The number of nitrogens with one attached hydrogen (secondary N) is 1. The van der Waals surface area contributed by atoms with Crippen LogP contribution in [0.3, 0.4) is 0 Å². The number of rotatable bonds is 3. The van der Waals surface area contributed by atoms with Crippen LogP contribution < -0.4 is 5.32 Å². The molecule has 1 N–H and O–H groups in total. The molecule has 90 valence electrons. The molecule has 0 amide bonds. The maximum atomic E-state index is 12.6. The van der Waals surface area contributed by atoms with E-state index in [4.69, 9.17) is 0 Å². The first-order chi connectivity index (χ1) is 6.91. The van der Waals surface area contributed by atoms with Gasteiger partial charge in [-0.15, -0.1) is 0 Å². The Labute approximate surface area is 88.8 Å². The molecule has 1 aliphatic heterocycles. The van der Waals surface area contributed by atoms with Gasteiger partial charge in [0.25, 0.3) is 0 Å². The van der Waals surface area contributed by atoms with E-state index in [2.05, 4.69) is 5.32 Å². The van der Waals surface area contributed by atoms with Gasteiger partial charge in [-0.05, 0) is 45.7 Å². The molecular weight excluding hydrogens is 205 g/mol. The van der Waals surface area contributed by atoms with Crippen LogP contribution in [0, 0.1) is 5.92 Å². The second-order valence-corrected chi connectivity index (χ2v) is 4.43. The van der Waals surface area contributed by atoms with Crippen molar-refractivity contribution < 1.29 is 13.2 Å². The van der Waals surface area contributed by atoms with Gasteiger partial charge in [-0.1, -0.05) is 0 Å². The van der Waals surface area contributed by atoms with E-state index < -0.39 is 12.3 Å². The standard InChI is InChI=1S/C10H19F3N2/c1-8(2)15(10(11,12)13)7-9-4-3-5-14-6-9/h8-9,14H,3-7H2,1-2H3. The first-order valence-electron chi connectivity index (χ1n) is 5.45. The Morgan fingerprint density at radius 3 is 2.47 bits per heavy atom. The third-order valence-electron chi connectivity index (χ3n) is 2.80. The Morgan fingerprint density at radius 1 is 1.40 bits per heavy atom. The van der Waals surface area contributed by atoms with E-state index in [0.717, 1.165) is 19.4 Å². The molecule has 5 heteroatoms. The first-order valence-corrected chi connectivity index (χ1v) is 5.45. The summed E-state index contributed by atoms with van der Waals surface area (Å²) < 4.78 is 37.9. The van der Waals surface area contributed by atoms with E-state index in [1.54, 1.807) is 13.8 Å². The number of piperidine rings is 1. The highest BCUT2D eigenvalue weighted by atomic mass is 19.4. The zero-order valence-electron chi connectivity index (χ0n) is 9.27. The van der Waals surface area contributed by atoms with Gasteiger partial charge < -0.3 is 5.32 Å². The molecule has 1 fully saturated rings. The van der Waals surface area contributed by atoms with Crippen molar-refractivity contribution in [1.29, 1.82) is 0 Å². The van der Waals surface area contributed by atoms with E-state index in [-0.39, 0.29) is 12.5 Å². The van der Waals surface area contributed by atoms with E-state index in [9.17, 15) is 13.2 Å². The van der Waals surface area contributed by atoms with Gasteiger partial charge in [-0.25, -0.2) is 4.90 Å². The number of alkyl halides is 3. The molecule has 1 aliphatic rings. The summed E-state index contributed by atoms with van der Waals surface area (Å²) in [4.78, 5) is 0.630. The van der Waals surface area contributed by atoms with E-state index in [1.165, 1.54) is 0 Å². The summed E-state index contributed by atoms with van der Waals surface area (Å²) in [5.74, 6) is 0.128. The van der Waals surface area contributed by atoms with Crippen LogP contribution in [0.5, 0.6) is 0 Å². The van der Waals surface area contributed by atoms with Crippen LogP contribution in [-0.2, 0) is 0 Å². The summed E-state index contributed by atoms with van der Waals surface area (Å²) >= 11 is 0. The lowest BCUT2D eigenvalue weighted by Crippen LogP contribution is -2.48. The second kappa shape index (κ2) is 5.16. The summed E-state index contributed by atoms with van der Waals surface area (Å²) in [5, 5.41) is 3.14. The Hall–Kier alpha value is -0.290. The van der Waals surface area contributed by atoms with Crippen molar-refractivity contribution in [3.8, 4) is 0 Å². The van der Waals surface area contributed by atoms with Gasteiger partial charge in [0, 0.05) is 12.6 Å². The fourth-order valence-corrected chi connectivity index (χ4v) is 1.97. The molecule has 0 aliphatic carbocycles. The number of halogens is 3. The maximum Gasteiger partial charge on any atom is 0.460 e. The van der Waals surface area contributed by atoms with Crippen molar-refractivity contribution in [2.24, 2.45) is 5.92 Å². The Kier molecular flexibility index (Phi) is 4.40. The molecule has 0 saturated carbocycles. The lowest BCUT2D eigenvalue weighted by molar-refractivity contribution is -0.258. The zero-order chi connectivity index (χ0) is 11.5. The van der Waals surface area contributed by atoms with Gasteiger partial charge in [0.2, 0.25) is 0 Å². The van der Waals surface area contributed by atoms with Crippen LogP contribution in [0.2, 0.25) is 0 Å². The molecule has 2 nitrogen and oxygen atoms in total. The summed E-state index contributed by atoms with van der Waals surface area (Å²) in [5.41, 5.74) is 0. The zero-order valence-corrected chi connectivity index (χ0v) is 9.27. The molecule has 0 radical (unpaired) electrons. The lowest BCUT2D eigenvalue weighted by Gasteiger charge is -2.33. The van der Waals surface area contributed by atoms with Crippen molar-refractivity contribution in [2.45, 2.75) is 39.0 Å². The lowest BCUT2D eigenvalue weighted by atomic mass is 9.99. The fraction of sp³-hybridized carbons (Fsp3) is 1.00. The molecular formula is C10H19F3N2. The molecule has 1 unspecified atom stereocenters. The number of hydrogen-bond donors (Lipinski definition) is 1. The van der Waals surface area contributed by atoms with Gasteiger partial charge in [0.1, 0.15) is 0 Å². The van der Waals surface area contributed by atoms with Gasteiger partial charge in [-0.2, -0.15) is 13.2 Å². The highest BCUT2D eigenvalue weighted by Gasteiger charge is 2.39. The minimum atomic E-state index is -4.20. The van der Waals surface area contributed by atoms with Crippen LogP contribution in [0.1, 0.15) is 26.7 Å². The molecule has 0 spiro atoms. The predicted molar refractivity (Wildman–Crippen MR) is 53.5 cm³/mol. The SMILES string of the molecule is CC(C)N(CC1CCCNC1)C(F)(F)F. The summed E-state index contributed by atoms with van der Waals surface area (Å²) in [6, 6.07) is -0.480. The quantitative estimate of drug-likeness (QED) is 0.739. The minimum Gasteiger partial charge on any atom is -0.316 e. The van der Waals surface area contributed by atoms with Crippen LogP contribution in [-0.4, -0.2) is 36.9 Å². The van der Waals surface area contributed by atoms with Crippen molar-refractivity contribution in [3.63, 3.8) is 0 Å². The van der Waals surface area contributed by atoms with Crippen LogP contribution in [0.25, 0.3) is 0 Å². The van der Waals surface area contributed by atoms with E-state index in [1.807, 2.05) is 0 Å². The average Bonchev–Trinajstić information content (AvgIpc) is 2.13. The van der Waals surface area contributed by atoms with Gasteiger partial charge >= 0.3 is 6.30 Å². The fourth-order valence-electron chi connectivity index (χ4n) is 1.97. The largest absolute Gasteiger partial charge is 0.460 e. The van der Waals surface area contributed by atoms with Crippen molar-refractivity contribution in [3.05, 3.63) is 0 Å². The van der Waals surface area contributed by atoms with Gasteiger partial charge in [0.05, 0.1) is 0 Å². The highest BCUT2D eigenvalue weighted by Crippen LogP contribution is 2.26. The molecule has 1 saturated heterocycles. The molecule has 0 aromatic carbocycles. The predicted octanol–water partition coefficient (Wildman–Crippen LogP) is 2.22. The van der Waals surface area contributed by atoms with Gasteiger partial charge in [-0.3, -0.25) is 0 Å². The first kappa shape index (κ1) is 12.8. The number of hydrogen-bond acceptors (Lipinski definition) is 2. The molecule has 15 heavy (non-hydrogen) atoms. The topological polar surface area (TPSA) is 15.3 Å². The van der Waals surface area contributed by atoms with Crippen molar-refractivity contribution in [1.82, 2.24) is 10.2 Å². The van der Waals surface area contributed by atoms with Crippen molar-refractivity contribution in [2.75, 3.05) is 19.6 Å². The highest BCUT2D eigenvalue weighted by molar-refractivity contribution is 4.75. The van der Waals surface area contributed by atoms with Gasteiger partial charge in [0.15, 0.2) is 0 Å². The van der Waals surface area contributed by atoms with E-state index in [0.29, 0.717) is 11.4 Å². The van der Waals surface area contributed by atoms with E-state index >= 15 is 0 Å². The Balaban J connectivity index is 2.50. The summed E-state index contributed by atoms with van der Waals surface area (Å²) in [7, 11) is 0. The molecule has 1 rings (SSSR count). The third-order valence-corrected chi connectivity index (χ3v) is 2.80. The third kappa shape index (κ3) is 3.99. The molecule has 1 heterocycles. The monoisotopic (exact) mass is 224 g/mol. The van der Waals surface area contributed by atoms with Crippen molar-refractivity contribution >= 4 is 0 Å². The Morgan fingerprint density at radius 2 is 2.07 bits per heavy atom. The van der Waals surface area contributed by atoms with Crippen LogP contribution in [0.15, 0.2) is 0 Å². The van der Waals surface area contributed by atoms with Crippen LogP contribution in [0.4, 0.5) is 13.2 Å². The smallest absolute Gasteiger partial charge is 0.316 e.